The van der Waals surface area contributed by atoms with Gasteiger partial charge in [-0.2, -0.15) is 0 Å². The van der Waals surface area contributed by atoms with Crippen molar-refractivity contribution in [1.29, 1.82) is 0 Å². The first-order chi connectivity index (χ1) is 10.4. The molecule has 4 nitrogen and oxygen atoms in total. The molecule has 0 aliphatic carbocycles. The molecule has 0 bridgehead atoms. The molecule has 0 radical (unpaired) electrons. The van der Waals surface area contributed by atoms with Crippen molar-refractivity contribution >= 4 is 6.09 Å². The number of rotatable bonds is 1. The maximum atomic E-state index is 12.5. The molecule has 2 saturated heterocycles. The van der Waals surface area contributed by atoms with Crippen LogP contribution in [-0.4, -0.2) is 42.8 Å². The van der Waals surface area contributed by atoms with E-state index in [9.17, 15) is 4.79 Å². The summed E-state index contributed by atoms with van der Waals surface area (Å²) in [5, 5.41) is 3.48. The maximum absolute atomic E-state index is 12.5. The topological polar surface area (TPSA) is 41.6 Å². The minimum atomic E-state index is -0.441. The van der Waals surface area contributed by atoms with Crippen molar-refractivity contribution in [3.63, 3.8) is 0 Å². The molecule has 2 aliphatic rings. The highest BCUT2D eigenvalue weighted by Crippen LogP contribution is 2.47. The van der Waals surface area contributed by atoms with E-state index in [4.69, 9.17) is 4.74 Å². The van der Waals surface area contributed by atoms with Crippen LogP contribution in [0.15, 0.2) is 30.3 Å². The summed E-state index contributed by atoms with van der Waals surface area (Å²) in [4.78, 5) is 14.4. The van der Waals surface area contributed by atoms with Crippen molar-refractivity contribution < 1.29 is 9.53 Å². The molecule has 120 valence electrons. The van der Waals surface area contributed by atoms with Crippen molar-refractivity contribution in [1.82, 2.24) is 10.2 Å². The second kappa shape index (κ2) is 5.58. The Labute approximate surface area is 132 Å². The van der Waals surface area contributed by atoms with Gasteiger partial charge >= 0.3 is 6.09 Å². The molecule has 4 heteroatoms. The summed E-state index contributed by atoms with van der Waals surface area (Å²) in [6.07, 6.45) is 0.934. The molecule has 2 fully saturated rings. The predicted molar refractivity (Wildman–Crippen MR) is 86.9 cm³/mol. The Morgan fingerprint density at radius 2 is 2.05 bits per heavy atom. The minimum absolute atomic E-state index is 0.151. The van der Waals surface area contributed by atoms with Crippen LogP contribution in [0.25, 0.3) is 0 Å². The highest BCUT2D eigenvalue weighted by atomic mass is 16.6. The Morgan fingerprint density at radius 3 is 2.64 bits per heavy atom. The lowest BCUT2D eigenvalue weighted by Crippen LogP contribution is -2.37. The van der Waals surface area contributed by atoms with Gasteiger partial charge in [0.15, 0.2) is 0 Å². The Bertz CT molecular complexity index is 530. The number of hydrogen-bond donors (Lipinski definition) is 1. The predicted octanol–water partition coefficient (Wildman–Crippen LogP) is 3.00. The summed E-state index contributed by atoms with van der Waals surface area (Å²) in [6.45, 7) is 9.31. The van der Waals surface area contributed by atoms with E-state index in [1.165, 1.54) is 5.56 Å². The summed E-state index contributed by atoms with van der Waals surface area (Å²) in [5.41, 5.74) is 1.04. The van der Waals surface area contributed by atoms with Crippen molar-refractivity contribution in [2.75, 3.05) is 26.2 Å². The van der Waals surface area contributed by atoms with E-state index >= 15 is 0 Å². The van der Waals surface area contributed by atoms with Crippen LogP contribution >= 0.6 is 0 Å². The SMILES string of the molecule is CC(C)(C)OC(=O)N1CC(c2ccccc2)C2(CCNC2)C1. The lowest BCUT2D eigenvalue weighted by molar-refractivity contribution is 0.0275. The third kappa shape index (κ3) is 2.98. The van der Waals surface area contributed by atoms with Gasteiger partial charge in [-0.15, -0.1) is 0 Å². The fourth-order valence-electron chi connectivity index (χ4n) is 3.77. The van der Waals surface area contributed by atoms with Gasteiger partial charge in [0.1, 0.15) is 5.60 Å². The van der Waals surface area contributed by atoms with Gasteiger partial charge in [0.2, 0.25) is 0 Å². The van der Waals surface area contributed by atoms with Crippen LogP contribution in [0.5, 0.6) is 0 Å². The van der Waals surface area contributed by atoms with Crippen LogP contribution in [0.4, 0.5) is 4.79 Å². The van der Waals surface area contributed by atoms with Gasteiger partial charge in [0, 0.05) is 31.0 Å². The van der Waals surface area contributed by atoms with E-state index in [0.29, 0.717) is 5.92 Å². The minimum Gasteiger partial charge on any atom is -0.444 e. The third-order valence-corrected chi connectivity index (χ3v) is 4.78. The lowest BCUT2D eigenvalue weighted by Gasteiger charge is -2.29. The summed E-state index contributed by atoms with van der Waals surface area (Å²) in [7, 11) is 0. The molecule has 3 rings (SSSR count). The number of benzene rings is 1. The quantitative estimate of drug-likeness (QED) is 0.867. The molecule has 2 unspecified atom stereocenters. The number of carbonyl (C=O) groups excluding carboxylic acids is 1. The molecule has 1 N–H and O–H groups in total. The largest absolute Gasteiger partial charge is 0.444 e. The molecule has 1 aromatic rings. The first kappa shape index (κ1) is 15.3. The molecule has 2 atom stereocenters. The Kier molecular flexibility index (Phi) is 3.89. The van der Waals surface area contributed by atoms with Crippen molar-refractivity contribution in [2.45, 2.75) is 38.7 Å². The van der Waals surface area contributed by atoms with Crippen LogP contribution in [0, 0.1) is 5.41 Å². The lowest BCUT2D eigenvalue weighted by atomic mass is 9.74. The summed E-state index contributed by atoms with van der Waals surface area (Å²) < 4.78 is 5.58. The number of likely N-dealkylation sites (tertiary alicyclic amines) is 1. The van der Waals surface area contributed by atoms with E-state index < -0.39 is 5.60 Å². The second-order valence-corrected chi connectivity index (χ2v) is 7.61. The Hall–Kier alpha value is -1.55. The van der Waals surface area contributed by atoms with E-state index in [-0.39, 0.29) is 11.5 Å². The number of ether oxygens (including phenoxy) is 1. The Morgan fingerprint density at radius 1 is 1.32 bits per heavy atom. The van der Waals surface area contributed by atoms with E-state index in [1.54, 1.807) is 0 Å². The summed E-state index contributed by atoms with van der Waals surface area (Å²) in [5.74, 6) is 0.385. The molecule has 2 aliphatic heterocycles. The van der Waals surface area contributed by atoms with Gasteiger partial charge in [-0.25, -0.2) is 4.79 Å². The van der Waals surface area contributed by atoms with Crippen molar-refractivity contribution in [3.8, 4) is 0 Å². The van der Waals surface area contributed by atoms with E-state index in [0.717, 1.165) is 32.6 Å². The van der Waals surface area contributed by atoms with Gasteiger partial charge in [0.25, 0.3) is 0 Å². The van der Waals surface area contributed by atoms with E-state index in [1.807, 2.05) is 31.7 Å². The van der Waals surface area contributed by atoms with Gasteiger partial charge < -0.3 is 15.0 Å². The van der Waals surface area contributed by atoms with Gasteiger partial charge in [-0.05, 0) is 39.3 Å². The summed E-state index contributed by atoms with van der Waals surface area (Å²) in [6, 6.07) is 10.6. The van der Waals surface area contributed by atoms with Crippen LogP contribution in [0.1, 0.15) is 38.7 Å². The van der Waals surface area contributed by atoms with E-state index in [2.05, 4.69) is 29.6 Å². The highest BCUT2D eigenvalue weighted by Gasteiger charge is 2.50. The molecular weight excluding hydrogens is 276 g/mol. The average molecular weight is 302 g/mol. The monoisotopic (exact) mass is 302 g/mol. The van der Waals surface area contributed by atoms with Crippen LogP contribution < -0.4 is 5.32 Å². The first-order valence-corrected chi connectivity index (χ1v) is 8.13. The number of hydrogen-bond acceptors (Lipinski definition) is 3. The van der Waals surface area contributed by atoms with Crippen molar-refractivity contribution in [2.24, 2.45) is 5.41 Å². The highest BCUT2D eigenvalue weighted by molar-refractivity contribution is 5.69. The number of amides is 1. The molecular formula is C18H26N2O2. The molecule has 1 amide bonds. The number of nitrogens with one attached hydrogen (secondary N) is 1. The van der Waals surface area contributed by atoms with Crippen molar-refractivity contribution in [3.05, 3.63) is 35.9 Å². The van der Waals surface area contributed by atoms with Crippen LogP contribution in [-0.2, 0) is 4.74 Å². The molecule has 1 aromatic carbocycles. The summed E-state index contributed by atoms with van der Waals surface area (Å²) >= 11 is 0. The van der Waals surface area contributed by atoms with Gasteiger partial charge in [-0.1, -0.05) is 30.3 Å². The zero-order valence-electron chi connectivity index (χ0n) is 13.8. The molecule has 0 saturated carbocycles. The van der Waals surface area contributed by atoms with Gasteiger partial charge in [-0.3, -0.25) is 0 Å². The number of carbonyl (C=O) groups is 1. The molecule has 2 heterocycles. The van der Waals surface area contributed by atoms with Gasteiger partial charge in [0.05, 0.1) is 0 Å². The molecule has 0 aromatic heterocycles. The smallest absolute Gasteiger partial charge is 0.410 e. The van der Waals surface area contributed by atoms with Crippen LogP contribution in [0.2, 0.25) is 0 Å². The normalized spacial score (nSPS) is 28.3. The Balaban J connectivity index is 1.82. The zero-order valence-corrected chi connectivity index (χ0v) is 13.8. The zero-order chi connectivity index (χ0) is 15.8. The third-order valence-electron chi connectivity index (χ3n) is 4.78. The maximum Gasteiger partial charge on any atom is 0.410 e. The fourth-order valence-corrected chi connectivity index (χ4v) is 3.77. The number of nitrogens with zero attached hydrogens (tertiary/aromatic N) is 1. The second-order valence-electron chi connectivity index (χ2n) is 7.61. The standard InChI is InChI=1S/C18H26N2O2/c1-17(2,3)22-16(21)20-11-15(14-7-5-4-6-8-14)18(13-20)9-10-19-12-18/h4-8,15,19H,9-13H2,1-3H3. The molecule has 22 heavy (non-hydrogen) atoms. The fraction of sp³-hybridized carbons (Fsp3) is 0.611. The van der Waals surface area contributed by atoms with Crippen LogP contribution in [0.3, 0.4) is 0 Å². The first-order valence-electron chi connectivity index (χ1n) is 8.13. The molecule has 1 spiro atoms. The average Bonchev–Trinajstić information content (AvgIpc) is 3.07.